The number of nitrogens with zero attached hydrogens (tertiary/aromatic N) is 1. The molecule has 0 atom stereocenters. The van der Waals surface area contributed by atoms with Crippen molar-refractivity contribution in [2.75, 3.05) is 0 Å². The van der Waals surface area contributed by atoms with Gasteiger partial charge in [-0.2, -0.15) is 5.10 Å². The summed E-state index contributed by atoms with van der Waals surface area (Å²) < 4.78 is 1.21. The molecule has 0 radical (unpaired) electrons. The number of thiophene rings is 1. The number of H-pyrrole nitrogens is 1. The van der Waals surface area contributed by atoms with Crippen LogP contribution in [0.4, 0.5) is 0 Å². The predicted octanol–water partition coefficient (Wildman–Crippen LogP) is 3.10. The molecule has 3 nitrogen and oxygen atoms in total. The van der Waals surface area contributed by atoms with Crippen molar-refractivity contribution >= 4 is 27.7 Å². The molecule has 0 aliphatic carbocycles. The van der Waals surface area contributed by atoms with E-state index in [-0.39, 0.29) is 0 Å². The Morgan fingerprint density at radius 2 is 2.19 bits per heavy atom. The van der Waals surface area contributed by atoms with Crippen molar-refractivity contribution in [3.05, 3.63) is 41.4 Å². The molecule has 16 heavy (non-hydrogen) atoms. The van der Waals surface area contributed by atoms with E-state index >= 15 is 0 Å². The molecular weight excluding hydrogens is 220 g/mol. The highest BCUT2D eigenvalue weighted by molar-refractivity contribution is 7.17. The first kappa shape index (κ1) is 9.30. The summed E-state index contributed by atoms with van der Waals surface area (Å²) in [5.41, 5.74) is 2.44. The van der Waals surface area contributed by atoms with Crippen LogP contribution in [-0.4, -0.2) is 16.5 Å². The molecular formula is C12H8N2OS. The molecule has 0 saturated heterocycles. The van der Waals surface area contributed by atoms with E-state index in [1.165, 1.54) is 4.70 Å². The number of carbonyl (C=O) groups is 1. The van der Waals surface area contributed by atoms with Crippen LogP contribution in [0.5, 0.6) is 0 Å². The lowest BCUT2D eigenvalue weighted by atomic mass is 10.1. The van der Waals surface area contributed by atoms with Gasteiger partial charge in [0, 0.05) is 21.0 Å². The van der Waals surface area contributed by atoms with Crippen molar-refractivity contribution in [1.29, 1.82) is 0 Å². The van der Waals surface area contributed by atoms with Gasteiger partial charge in [0.1, 0.15) is 0 Å². The van der Waals surface area contributed by atoms with Crippen molar-refractivity contribution < 1.29 is 4.79 Å². The molecule has 0 aliphatic rings. The lowest BCUT2D eigenvalue weighted by molar-refractivity contribution is 0.112. The Hall–Kier alpha value is -1.94. The lowest BCUT2D eigenvalue weighted by Crippen LogP contribution is -1.82. The van der Waals surface area contributed by atoms with Crippen LogP contribution in [0.25, 0.3) is 21.3 Å². The molecule has 0 amide bonds. The maximum Gasteiger partial charge on any atom is 0.153 e. The van der Waals surface area contributed by atoms with Crippen LogP contribution in [-0.2, 0) is 0 Å². The van der Waals surface area contributed by atoms with Gasteiger partial charge in [-0.25, -0.2) is 0 Å². The maximum atomic E-state index is 10.9. The largest absolute Gasteiger partial charge is 0.298 e. The number of aromatic amines is 1. The fourth-order valence-electron chi connectivity index (χ4n) is 1.77. The third kappa shape index (κ3) is 1.27. The average molecular weight is 228 g/mol. The summed E-state index contributed by atoms with van der Waals surface area (Å²) in [5, 5.41) is 9.98. The highest BCUT2D eigenvalue weighted by atomic mass is 32.1. The Labute approximate surface area is 95.7 Å². The van der Waals surface area contributed by atoms with Crippen LogP contribution in [0, 0.1) is 0 Å². The van der Waals surface area contributed by atoms with E-state index in [9.17, 15) is 4.79 Å². The molecule has 0 fully saturated rings. The van der Waals surface area contributed by atoms with E-state index in [2.05, 4.69) is 22.3 Å². The quantitative estimate of drug-likeness (QED) is 0.685. The zero-order valence-corrected chi connectivity index (χ0v) is 9.12. The highest BCUT2D eigenvalue weighted by Crippen LogP contribution is 2.33. The second-order valence-corrected chi connectivity index (χ2v) is 4.37. The number of rotatable bonds is 2. The number of aromatic nitrogens is 2. The maximum absolute atomic E-state index is 10.9. The standard InChI is InChI=1S/C12H8N2OS/c15-6-8-5-13-14-12(8)10-7-16-11-4-2-1-3-9(10)11/h1-7H,(H,13,14). The van der Waals surface area contributed by atoms with Crippen LogP contribution in [0.3, 0.4) is 0 Å². The van der Waals surface area contributed by atoms with E-state index in [1.807, 2.05) is 17.5 Å². The Morgan fingerprint density at radius 3 is 3.06 bits per heavy atom. The molecule has 0 spiro atoms. The fraction of sp³-hybridized carbons (Fsp3) is 0. The molecule has 0 aliphatic heterocycles. The summed E-state index contributed by atoms with van der Waals surface area (Å²) >= 11 is 1.67. The molecule has 1 aromatic carbocycles. The molecule has 0 saturated carbocycles. The second-order valence-electron chi connectivity index (χ2n) is 3.46. The van der Waals surface area contributed by atoms with Gasteiger partial charge in [0.15, 0.2) is 6.29 Å². The van der Waals surface area contributed by atoms with Gasteiger partial charge in [-0.05, 0) is 6.07 Å². The van der Waals surface area contributed by atoms with Gasteiger partial charge in [-0.3, -0.25) is 9.89 Å². The lowest BCUT2D eigenvalue weighted by Gasteiger charge is -1.96. The van der Waals surface area contributed by atoms with Crippen LogP contribution in [0.15, 0.2) is 35.8 Å². The van der Waals surface area contributed by atoms with Gasteiger partial charge in [0.2, 0.25) is 0 Å². The summed E-state index contributed by atoms with van der Waals surface area (Å²) in [6.45, 7) is 0. The smallest absolute Gasteiger partial charge is 0.153 e. The number of fused-ring (bicyclic) bond motifs is 1. The molecule has 0 unspecified atom stereocenters. The summed E-state index contributed by atoms with van der Waals surface area (Å²) in [4.78, 5) is 10.9. The van der Waals surface area contributed by atoms with E-state index in [4.69, 9.17) is 0 Å². The van der Waals surface area contributed by atoms with Gasteiger partial charge in [0.05, 0.1) is 17.5 Å². The van der Waals surface area contributed by atoms with E-state index in [0.717, 1.165) is 22.9 Å². The zero-order chi connectivity index (χ0) is 11.0. The minimum Gasteiger partial charge on any atom is -0.298 e. The topological polar surface area (TPSA) is 45.8 Å². The SMILES string of the molecule is O=Cc1cn[nH]c1-c1csc2ccccc12. The molecule has 78 valence electrons. The first-order chi connectivity index (χ1) is 7.90. The number of benzene rings is 1. The van der Waals surface area contributed by atoms with Crippen LogP contribution in [0.2, 0.25) is 0 Å². The van der Waals surface area contributed by atoms with E-state index < -0.39 is 0 Å². The van der Waals surface area contributed by atoms with Gasteiger partial charge in [-0.15, -0.1) is 11.3 Å². The van der Waals surface area contributed by atoms with Gasteiger partial charge < -0.3 is 0 Å². The Bertz CT molecular complexity index is 654. The summed E-state index contributed by atoms with van der Waals surface area (Å²) in [5.74, 6) is 0. The fourth-order valence-corrected chi connectivity index (χ4v) is 2.72. The van der Waals surface area contributed by atoms with Crippen molar-refractivity contribution in [3.63, 3.8) is 0 Å². The van der Waals surface area contributed by atoms with Crippen LogP contribution >= 0.6 is 11.3 Å². The minimum atomic E-state index is 0.601. The normalized spacial score (nSPS) is 10.8. The Kier molecular flexibility index (Phi) is 2.08. The summed E-state index contributed by atoms with van der Waals surface area (Å²) in [7, 11) is 0. The third-order valence-electron chi connectivity index (χ3n) is 2.55. The van der Waals surface area contributed by atoms with E-state index in [1.54, 1.807) is 17.5 Å². The molecule has 0 bridgehead atoms. The van der Waals surface area contributed by atoms with Crippen LogP contribution < -0.4 is 0 Å². The first-order valence-electron chi connectivity index (χ1n) is 4.85. The van der Waals surface area contributed by atoms with Crippen LogP contribution in [0.1, 0.15) is 10.4 Å². The van der Waals surface area contributed by atoms with E-state index in [0.29, 0.717) is 5.56 Å². The molecule has 3 rings (SSSR count). The Morgan fingerprint density at radius 1 is 1.31 bits per heavy atom. The van der Waals surface area contributed by atoms with Crippen molar-refractivity contribution in [2.24, 2.45) is 0 Å². The Balaban J connectivity index is 2.30. The second kappa shape index (κ2) is 3.57. The molecule has 3 aromatic rings. The molecule has 2 heterocycles. The number of nitrogens with one attached hydrogen (secondary N) is 1. The van der Waals surface area contributed by atoms with Crippen molar-refractivity contribution in [1.82, 2.24) is 10.2 Å². The molecule has 1 N–H and O–H groups in total. The predicted molar refractivity (Wildman–Crippen MR) is 64.8 cm³/mol. The zero-order valence-electron chi connectivity index (χ0n) is 8.31. The van der Waals surface area contributed by atoms with Crippen molar-refractivity contribution in [2.45, 2.75) is 0 Å². The molecule has 4 heteroatoms. The number of carbonyl (C=O) groups excluding carboxylic acids is 1. The van der Waals surface area contributed by atoms with Crippen molar-refractivity contribution in [3.8, 4) is 11.3 Å². The third-order valence-corrected chi connectivity index (χ3v) is 3.51. The number of hydrogen-bond acceptors (Lipinski definition) is 3. The van der Waals surface area contributed by atoms with Gasteiger partial charge in [0.25, 0.3) is 0 Å². The minimum absolute atomic E-state index is 0.601. The van der Waals surface area contributed by atoms with Gasteiger partial charge >= 0.3 is 0 Å². The molecule has 2 aromatic heterocycles. The monoisotopic (exact) mass is 228 g/mol. The first-order valence-corrected chi connectivity index (χ1v) is 5.73. The summed E-state index contributed by atoms with van der Waals surface area (Å²) in [6.07, 6.45) is 2.38. The van der Waals surface area contributed by atoms with Gasteiger partial charge in [-0.1, -0.05) is 18.2 Å². The highest BCUT2D eigenvalue weighted by Gasteiger charge is 2.11. The average Bonchev–Trinajstić information content (AvgIpc) is 2.94. The summed E-state index contributed by atoms with van der Waals surface area (Å²) in [6, 6.07) is 8.13. The number of aldehydes is 1. The number of hydrogen-bond donors (Lipinski definition) is 1.